The molecule has 3 unspecified atom stereocenters. The Hall–Kier alpha value is -0.280. The molecule has 1 fully saturated rings. The Morgan fingerprint density at radius 1 is 1.60 bits per heavy atom. The van der Waals surface area contributed by atoms with Gasteiger partial charge in [-0.3, -0.25) is 4.79 Å². The molecular formula is C11H20ClNO2. The van der Waals surface area contributed by atoms with Crippen LogP contribution in [0.25, 0.3) is 0 Å². The molecule has 4 heteroatoms. The van der Waals surface area contributed by atoms with Crippen LogP contribution >= 0.6 is 11.6 Å². The quantitative estimate of drug-likeness (QED) is 0.696. The first-order valence-electron chi connectivity index (χ1n) is 5.55. The molecule has 0 spiro atoms. The molecule has 1 aliphatic rings. The van der Waals surface area contributed by atoms with Crippen LogP contribution in [0.1, 0.15) is 33.1 Å². The number of halogens is 1. The van der Waals surface area contributed by atoms with Crippen molar-refractivity contribution in [2.24, 2.45) is 0 Å². The maximum Gasteiger partial charge on any atom is 0.251 e. The second-order valence-corrected chi connectivity index (χ2v) is 5.09. The molecule has 88 valence electrons. The maximum atomic E-state index is 11.9. The minimum absolute atomic E-state index is 0.0941. The molecule has 0 N–H and O–H groups in total. The Labute approximate surface area is 96.7 Å². The Balaban J connectivity index is 2.32. The number of ether oxygens (including phenoxy) is 1. The fraction of sp³-hybridized carbons (Fsp3) is 0.909. The van der Waals surface area contributed by atoms with Gasteiger partial charge in [0, 0.05) is 19.0 Å². The van der Waals surface area contributed by atoms with Crippen LogP contribution in [0.2, 0.25) is 0 Å². The lowest BCUT2D eigenvalue weighted by Crippen LogP contribution is -2.37. The Morgan fingerprint density at radius 2 is 2.27 bits per heavy atom. The van der Waals surface area contributed by atoms with Gasteiger partial charge in [0.25, 0.3) is 5.91 Å². The summed E-state index contributed by atoms with van der Waals surface area (Å²) in [6.45, 7) is 4.65. The zero-order valence-electron chi connectivity index (χ0n) is 9.70. The van der Waals surface area contributed by atoms with Crippen LogP contribution in [0.3, 0.4) is 0 Å². The summed E-state index contributed by atoms with van der Waals surface area (Å²) < 4.78 is 5.53. The summed E-state index contributed by atoms with van der Waals surface area (Å²) in [5.41, 5.74) is 0. The van der Waals surface area contributed by atoms with Gasteiger partial charge in [0.15, 0.2) is 0 Å². The fourth-order valence-corrected chi connectivity index (χ4v) is 1.81. The fourth-order valence-electron chi connectivity index (χ4n) is 1.71. The maximum absolute atomic E-state index is 11.9. The number of nitrogens with zero attached hydrogens (tertiary/aromatic N) is 1. The zero-order chi connectivity index (χ0) is 11.4. The minimum atomic E-state index is -0.226. The van der Waals surface area contributed by atoms with Crippen LogP contribution in [0.15, 0.2) is 0 Å². The van der Waals surface area contributed by atoms with Gasteiger partial charge in [-0.05, 0) is 33.1 Å². The summed E-state index contributed by atoms with van der Waals surface area (Å²) in [4.78, 5) is 13.6. The third kappa shape index (κ3) is 3.99. The lowest BCUT2D eigenvalue weighted by Gasteiger charge is -2.21. The van der Waals surface area contributed by atoms with Crippen LogP contribution in [0, 0.1) is 0 Å². The summed E-state index contributed by atoms with van der Waals surface area (Å²) in [6, 6.07) is 0. The van der Waals surface area contributed by atoms with Crippen molar-refractivity contribution in [2.45, 2.75) is 50.7 Å². The molecule has 1 heterocycles. The normalized spacial score (nSPS) is 27.7. The van der Waals surface area contributed by atoms with E-state index in [0.29, 0.717) is 6.54 Å². The van der Waals surface area contributed by atoms with Crippen LogP contribution < -0.4 is 0 Å². The van der Waals surface area contributed by atoms with E-state index in [1.807, 2.05) is 20.9 Å². The molecule has 0 aromatic carbocycles. The first-order valence-corrected chi connectivity index (χ1v) is 5.99. The van der Waals surface area contributed by atoms with Crippen molar-refractivity contribution >= 4 is 17.5 Å². The molecule has 0 bridgehead atoms. The van der Waals surface area contributed by atoms with Gasteiger partial charge < -0.3 is 9.64 Å². The summed E-state index contributed by atoms with van der Waals surface area (Å²) in [5.74, 6) is 0.0941. The molecule has 0 saturated carbocycles. The predicted molar refractivity (Wildman–Crippen MR) is 61.1 cm³/mol. The number of likely N-dealkylation sites (N-methyl/N-ethyl adjacent to an activating group) is 1. The number of rotatable bonds is 4. The van der Waals surface area contributed by atoms with Gasteiger partial charge in [-0.2, -0.15) is 0 Å². The van der Waals surface area contributed by atoms with E-state index in [-0.39, 0.29) is 23.5 Å². The molecule has 3 atom stereocenters. The van der Waals surface area contributed by atoms with Crippen molar-refractivity contribution in [2.75, 3.05) is 13.6 Å². The van der Waals surface area contributed by atoms with E-state index in [1.54, 1.807) is 4.90 Å². The van der Waals surface area contributed by atoms with Crippen molar-refractivity contribution in [1.29, 1.82) is 0 Å². The van der Waals surface area contributed by atoms with Gasteiger partial charge in [0.1, 0.15) is 6.10 Å². The highest BCUT2D eigenvalue weighted by Gasteiger charge is 2.30. The van der Waals surface area contributed by atoms with Crippen molar-refractivity contribution in [3.05, 3.63) is 0 Å². The lowest BCUT2D eigenvalue weighted by atomic mass is 10.2. The van der Waals surface area contributed by atoms with Crippen LogP contribution in [0.5, 0.6) is 0 Å². The SMILES string of the molecule is CC(Cl)CCN(C)C(=O)C1CCC(C)O1. The molecule has 1 saturated heterocycles. The average Bonchev–Trinajstić information content (AvgIpc) is 2.60. The number of carbonyl (C=O) groups excluding carboxylic acids is 1. The van der Waals surface area contributed by atoms with Gasteiger partial charge in [-0.15, -0.1) is 11.6 Å². The van der Waals surface area contributed by atoms with Gasteiger partial charge >= 0.3 is 0 Å². The monoisotopic (exact) mass is 233 g/mol. The zero-order valence-corrected chi connectivity index (χ0v) is 10.5. The smallest absolute Gasteiger partial charge is 0.251 e. The lowest BCUT2D eigenvalue weighted by molar-refractivity contribution is -0.141. The van der Waals surface area contributed by atoms with E-state index in [4.69, 9.17) is 16.3 Å². The largest absolute Gasteiger partial charge is 0.365 e. The first kappa shape index (κ1) is 12.8. The van der Waals surface area contributed by atoms with Crippen molar-refractivity contribution in [3.63, 3.8) is 0 Å². The van der Waals surface area contributed by atoms with Crippen molar-refractivity contribution in [3.8, 4) is 0 Å². The van der Waals surface area contributed by atoms with E-state index in [0.717, 1.165) is 19.3 Å². The van der Waals surface area contributed by atoms with Crippen LogP contribution in [-0.4, -0.2) is 42.0 Å². The molecule has 0 aromatic rings. The molecule has 1 aliphatic heterocycles. The first-order chi connectivity index (χ1) is 7.00. The highest BCUT2D eigenvalue weighted by atomic mass is 35.5. The van der Waals surface area contributed by atoms with Crippen molar-refractivity contribution < 1.29 is 9.53 Å². The Bertz CT molecular complexity index is 221. The number of hydrogen-bond acceptors (Lipinski definition) is 2. The number of amides is 1. The highest BCUT2D eigenvalue weighted by Crippen LogP contribution is 2.20. The minimum Gasteiger partial charge on any atom is -0.365 e. The summed E-state index contributed by atoms with van der Waals surface area (Å²) in [7, 11) is 1.81. The van der Waals surface area contributed by atoms with Crippen molar-refractivity contribution in [1.82, 2.24) is 4.90 Å². The topological polar surface area (TPSA) is 29.5 Å². The van der Waals surface area contributed by atoms with Gasteiger partial charge in [0.2, 0.25) is 0 Å². The predicted octanol–water partition coefficient (Wildman–Crippen LogP) is 2.03. The van der Waals surface area contributed by atoms with Crippen LogP contribution in [-0.2, 0) is 9.53 Å². The molecule has 3 nitrogen and oxygen atoms in total. The second kappa shape index (κ2) is 5.71. The second-order valence-electron chi connectivity index (χ2n) is 4.34. The average molecular weight is 234 g/mol. The number of hydrogen-bond donors (Lipinski definition) is 0. The van der Waals surface area contributed by atoms with Gasteiger partial charge in [-0.25, -0.2) is 0 Å². The van der Waals surface area contributed by atoms with Crippen LogP contribution in [0.4, 0.5) is 0 Å². The van der Waals surface area contributed by atoms with Gasteiger partial charge in [0.05, 0.1) is 6.10 Å². The molecule has 1 rings (SSSR count). The van der Waals surface area contributed by atoms with E-state index < -0.39 is 0 Å². The summed E-state index contributed by atoms with van der Waals surface area (Å²) in [6.07, 6.45) is 2.65. The Kier molecular flexibility index (Phi) is 4.87. The number of alkyl halides is 1. The summed E-state index contributed by atoms with van der Waals surface area (Å²) >= 11 is 5.84. The molecular weight excluding hydrogens is 214 g/mol. The Morgan fingerprint density at radius 3 is 2.73 bits per heavy atom. The summed E-state index contributed by atoms with van der Waals surface area (Å²) in [5, 5.41) is 0.115. The molecule has 15 heavy (non-hydrogen) atoms. The molecule has 0 aliphatic carbocycles. The van der Waals surface area contributed by atoms with E-state index in [2.05, 4.69) is 0 Å². The van der Waals surface area contributed by atoms with E-state index >= 15 is 0 Å². The number of carbonyl (C=O) groups is 1. The standard InChI is InChI=1S/C11H20ClNO2/c1-8(12)6-7-13(3)11(14)10-5-4-9(2)15-10/h8-10H,4-7H2,1-3H3. The van der Waals surface area contributed by atoms with Gasteiger partial charge in [-0.1, -0.05) is 0 Å². The van der Waals surface area contributed by atoms with E-state index in [9.17, 15) is 4.79 Å². The third-order valence-electron chi connectivity index (χ3n) is 2.75. The third-order valence-corrected chi connectivity index (χ3v) is 2.96. The molecule has 1 amide bonds. The highest BCUT2D eigenvalue weighted by molar-refractivity contribution is 6.20. The molecule has 0 aromatic heterocycles. The van der Waals surface area contributed by atoms with E-state index in [1.165, 1.54) is 0 Å². The molecule has 0 radical (unpaired) electrons.